The van der Waals surface area contributed by atoms with Crippen LogP contribution in [0, 0.1) is 0 Å². The average Bonchev–Trinajstić information content (AvgIpc) is 2.68. The highest BCUT2D eigenvalue weighted by molar-refractivity contribution is 7.17. The lowest BCUT2D eigenvalue weighted by Crippen LogP contribution is -2.18. The first-order chi connectivity index (χ1) is 7.42. The Morgan fingerprint density at radius 2 is 2.20 bits per heavy atom. The van der Waals surface area contributed by atoms with Crippen LogP contribution in [0.3, 0.4) is 0 Å². The zero-order valence-corrected chi connectivity index (χ0v) is 9.64. The molecule has 3 heteroatoms. The summed E-state index contributed by atoms with van der Waals surface area (Å²) < 4.78 is 6.35. The summed E-state index contributed by atoms with van der Waals surface area (Å²) in [5.74, 6) is 0. The summed E-state index contributed by atoms with van der Waals surface area (Å²) in [6.07, 6.45) is 0. The number of nitrogens with one attached hydrogen (secondary N) is 1. The lowest BCUT2D eigenvalue weighted by molar-refractivity contribution is 0.199. The molecule has 0 radical (unpaired) electrons. The van der Waals surface area contributed by atoms with E-state index < -0.39 is 0 Å². The molecule has 2 aromatic rings. The predicted octanol–water partition coefficient (Wildman–Crippen LogP) is 2.64. The van der Waals surface area contributed by atoms with Crippen LogP contribution >= 0.6 is 11.3 Å². The van der Waals surface area contributed by atoms with Crippen molar-refractivity contribution in [2.75, 3.05) is 20.3 Å². The van der Waals surface area contributed by atoms with Gasteiger partial charge in [0.15, 0.2) is 0 Å². The van der Waals surface area contributed by atoms with Crippen molar-refractivity contribution < 1.29 is 4.74 Å². The first kappa shape index (κ1) is 10.6. The zero-order chi connectivity index (χ0) is 10.5. The number of fused-ring (bicyclic) bond motifs is 1. The minimum atomic E-state index is 0.766. The highest BCUT2D eigenvalue weighted by atomic mass is 32.1. The molecule has 0 spiro atoms. The highest BCUT2D eigenvalue weighted by Crippen LogP contribution is 2.25. The number of methoxy groups -OCH3 is 1. The molecular formula is C12H15NOS. The van der Waals surface area contributed by atoms with Gasteiger partial charge in [-0.2, -0.15) is 0 Å². The maximum atomic E-state index is 4.99. The molecule has 0 aliphatic rings. The van der Waals surface area contributed by atoms with Gasteiger partial charge in [-0.15, -0.1) is 11.3 Å². The molecule has 0 atom stereocenters. The summed E-state index contributed by atoms with van der Waals surface area (Å²) in [5, 5.41) is 6.96. The van der Waals surface area contributed by atoms with E-state index >= 15 is 0 Å². The van der Waals surface area contributed by atoms with Crippen LogP contribution in [0.5, 0.6) is 0 Å². The van der Waals surface area contributed by atoms with Crippen LogP contribution in [0.1, 0.15) is 5.56 Å². The molecule has 1 N–H and O–H groups in total. The molecule has 0 unspecified atom stereocenters. The van der Waals surface area contributed by atoms with Crippen LogP contribution < -0.4 is 5.32 Å². The second-order valence-electron chi connectivity index (χ2n) is 3.43. The summed E-state index contributed by atoms with van der Waals surface area (Å²) >= 11 is 1.81. The lowest BCUT2D eigenvalue weighted by atomic mass is 10.2. The summed E-state index contributed by atoms with van der Waals surface area (Å²) in [7, 11) is 1.72. The quantitative estimate of drug-likeness (QED) is 0.784. The van der Waals surface area contributed by atoms with E-state index in [1.54, 1.807) is 18.4 Å². The van der Waals surface area contributed by atoms with E-state index in [-0.39, 0.29) is 0 Å². The second-order valence-corrected chi connectivity index (χ2v) is 4.34. The fourth-order valence-corrected chi connectivity index (χ4v) is 2.53. The summed E-state index contributed by atoms with van der Waals surface area (Å²) in [6, 6.07) is 8.52. The third-order valence-corrected chi connectivity index (χ3v) is 3.37. The standard InChI is InChI=1S/C12H15NOS/c1-14-7-6-13-8-10-9-15-12-5-3-2-4-11(10)12/h2-5,9,13H,6-8H2,1H3. The smallest absolute Gasteiger partial charge is 0.0587 e. The van der Waals surface area contributed by atoms with Crippen molar-refractivity contribution in [2.45, 2.75) is 6.54 Å². The maximum absolute atomic E-state index is 4.99. The van der Waals surface area contributed by atoms with Crippen molar-refractivity contribution >= 4 is 21.4 Å². The molecule has 1 heterocycles. The van der Waals surface area contributed by atoms with Crippen molar-refractivity contribution in [1.29, 1.82) is 0 Å². The van der Waals surface area contributed by atoms with Crippen LogP contribution in [-0.2, 0) is 11.3 Å². The topological polar surface area (TPSA) is 21.3 Å². The minimum absolute atomic E-state index is 0.766. The van der Waals surface area contributed by atoms with Crippen LogP contribution in [0.4, 0.5) is 0 Å². The van der Waals surface area contributed by atoms with Gasteiger partial charge in [0.1, 0.15) is 0 Å². The molecule has 0 saturated carbocycles. The fraction of sp³-hybridized carbons (Fsp3) is 0.333. The Kier molecular flexibility index (Phi) is 3.72. The minimum Gasteiger partial charge on any atom is -0.383 e. The number of benzene rings is 1. The van der Waals surface area contributed by atoms with Crippen molar-refractivity contribution in [2.24, 2.45) is 0 Å². The number of thiophene rings is 1. The Balaban J connectivity index is 2.02. The number of ether oxygens (including phenoxy) is 1. The van der Waals surface area contributed by atoms with Crippen molar-refractivity contribution in [1.82, 2.24) is 5.32 Å². The van der Waals surface area contributed by atoms with E-state index in [1.807, 2.05) is 0 Å². The van der Waals surface area contributed by atoms with E-state index in [0.29, 0.717) is 0 Å². The van der Waals surface area contributed by atoms with Gasteiger partial charge < -0.3 is 10.1 Å². The molecule has 0 amide bonds. The normalized spacial score (nSPS) is 11.0. The first-order valence-electron chi connectivity index (χ1n) is 5.06. The maximum Gasteiger partial charge on any atom is 0.0587 e. The van der Waals surface area contributed by atoms with Gasteiger partial charge in [-0.05, 0) is 22.4 Å². The van der Waals surface area contributed by atoms with E-state index in [2.05, 4.69) is 35.0 Å². The van der Waals surface area contributed by atoms with Crippen LogP contribution in [-0.4, -0.2) is 20.3 Å². The fourth-order valence-electron chi connectivity index (χ4n) is 1.57. The monoisotopic (exact) mass is 221 g/mol. The van der Waals surface area contributed by atoms with E-state index in [1.165, 1.54) is 15.6 Å². The largest absolute Gasteiger partial charge is 0.383 e. The molecule has 2 nitrogen and oxygen atoms in total. The third kappa shape index (κ3) is 2.56. The van der Waals surface area contributed by atoms with E-state index in [0.717, 1.165) is 19.7 Å². The van der Waals surface area contributed by atoms with E-state index in [9.17, 15) is 0 Å². The van der Waals surface area contributed by atoms with Crippen molar-refractivity contribution in [3.63, 3.8) is 0 Å². The Morgan fingerprint density at radius 3 is 3.07 bits per heavy atom. The number of hydrogen-bond donors (Lipinski definition) is 1. The van der Waals surface area contributed by atoms with Gasteiger partial charge in [0.05, 0.1) is 6.61 Å². The Bertz CT molecular complexity index is 424. The number of rotatable bonds is 5. The molecule has 0 bridgehead atoms. The van der Waals surface area contributed by atoms with Crippen molar-refractivity contribution in [3.8, 4) is 0 Å². The molecule has 2 rings (SSSR count). The predicted molar refractivity (Wildman–Crippen MR) is 65.4 cm³/mol. The van der Waals surface area contributed by atoms with Gasteiger partial charge in [0.25, 0.3) is 0 Å². The van der Waals surface area contributed by atoms with Crippen LogP contribution in [0.2, 0.25) is 0 Å². The third-order valence-electron chi connectivity index (χ3n) is 2.36. The summed E-state index contributed by atoms with van der Waals surface area (Å²) in [6.45, 7) is 2.59. The molecule has 0 fully saturated rings. The Labute approximate surface area is 93.9 Å². The number of hydrogen-bond acceptors (Lipinski definition) is 3. The molecule has 0 saturated heterocycles. The molecule has 1 aromatic carbocycles. The van der Waals surface area contributed by atoms with Gasteiger partial charge in [-0.3, -0.25) is 0 Å². The van der Waals surface area contributed by atoms with Crippen LogP contribution in [0.15, 0.2) is 29.6 Å². The first-order valence-corrected chi connectivity index (χ1v) is 5.94. The van der Waals surface area contributed by atoms with E-state index in [4.69, 9.17) is 4.74 Å². The molecule has 80 valence electrons. The Hall–Kier alpha value is -0.900. The molecule has 15 heavy (non-hydrogen) atoms. The van der Waals surface area contributed by atoms with Gasteiger partial charge >= 0.3 is 0 Å². The van der Waals surface area contributed by atoms with Gasteiger partial charge in [0, 0.05) is 24.9 Å². The van der Waals surface area contributed by atoms with Crippen LogP contribution in [0.25, 0.3) is 10.1 Å². The lowest BCUT2D eigenvalue weighted by Gasteiger charge is -2.02. The van der Waals surface area contributed by atoms with Gasteiger partial charge in [-0.1, -0.05) is 18.2 Å². The summed E-state index contributed by atoms with van der Waals surface area (Å²) in [4.78, 5) is 0. The second kappa shape index (κ2) is 5.26. The Morgan fingerprint density at radius 1 is 1.33 bits per heavy atom. The summed E-state index contributed by atoms with van der Waals surface area (Å²) in [5.41, 5.74) is 1.38. The molecular weight excluding hydrogens is 206 g/mol. The molecule has 0 aliphatic heterocycles. The average molecular weight is 221 g/mol. The molecule has 1 aromatic heterocycles. The van der Waals surface area contributed by atoms with Crippen molar-refractivity contribution in [3.05, 3.63) is 35.2 Å². The van der Waals surface area contributed by atoms with Gasteiger partial charge in [0.2, 0.25) is 0 Å². The molecule has 0 aliphatic carbocycles. The zero-order valence-electron chi connectivity index (χ0n) is 8.82. The van der Waals surface area contributed by atoms with Gasteiger partial charge in [-0.25, -0.2) is 0 Å². The SMILES string of the molecule is COCCNCc1csc2ccccc12. The highest BCUT2D eigenvalue weighted by Gasteiger charge is 2.01.